The standard InChI is InChI=1S/C11H15N3O2S/c1-13(10-6-9-12)17(15,16)14(2)11-7-4-3-5-8-11/h3-5,7-8H,6,10H2,1-2H3. The van der Waals surface area contributed by atoms with Gasteiger partial charge in [0.2, 0.25) is 0 Å². The van der Waals surface area contributed by atoms with Gasteiger partial charge in [-0.15, -0.1) is 0 Å². The Balaban J connectivity index is 2.88. The van der Waals surface area contributed by atoms with E-state index < -0.39 is 10.2 Å². The molecule has 0 radical (unpaired) electrons. The van der Waals surface area contributed by atoms with Crippen LogP contribution in [0.4, 0.5) is 5.69 Å². The topological polar surface area (TPSA) is 64.4 Å². The van der Waals surface area contributed by atoms with Crippen LogP contribution < -0.4 is 4.31 Å². The van der Waals surface area contributed by atoms with Crippen molar-refractivity contribution in [1.29, 1.82) is 5.26 Å². The van der Waals surface area contributed by atoms with Crippen molar-refractivity contribution in [2.24, 2.45) is 0 Å². The van der Waals surface area contributed by atoms with Crippen LogP contribution in [0.1, 0.15) is 6.42 Å². The summed E-state index contributed by atoms with van der Waals surface area (Å²) in [5, 5.41) is 8.45. The predicted molar refractivity (Wildman–Crippen MR) is 66.6 cm³/mol. The fraction of sp³-hybridized carbons (Fsp3) is 0.364. The molecule has 1 aromatic carbocycles. The Bertz CT molecular complexity index is 493. The second-order valence-electron chi connectivity index (χ2n) is 3.54. The fourth-order valence-electron chi connectivity index (χ4n) is 1.30. The quantitative estimate of drug-likeness (QED) is 0.792. The number of nitriles is 1. The lowest BCUT2D eigenvalue weighted by Crippen LogP contribution is -2.40. The van der Waals surface area contributed by atoms with Crippen LogP contribution in [0.5, 0.6) is 0 Å². The molecule has 0 saturated carbocycles. The van der Waals surface area contributed by atoms with E-state index in [2.05, 4.69) is 0 Å². The number of benzene rings is 1. The number of para-hydroxylation sites is 1. The van der Waals surface area contributed by atoms with Crippen LogP contribution in [-0.2, 0) is 10.2 Å². The molecule has 1 rings (SSSR count). The van der Waals surface area contributed by atoms with E-state index in [0.717, 1.165) is 0 Å². The van der Waals surface area contributed by atoms with Gasteiger partial charge < -0.3 is 0 Å². The largest absolute Gasteiger partial charge is 0.303 e. The van der Waals surface area contributed by atoms with Crippen molar-refractivity contribution in [1.82, 2.24) is 4.31 Å². The molecule has 0 spiro atoms. The van der Waals surface area contributed by atoms with Crippen molar-refractivity contribution >= 4 is 15.9 Å². The first kappa shape index (κ1) is 13.5. The van der Waals surface area contributed by atoms with Crippen molar-refractivity contribution in [3.05, 3.63) is 30.3 Å². The van der Waals surface area contributed by atoms with Gasteiger partial charge >= 0.3 is 10.2 Å². The Morgan fingerprint density at radius 3 is 2.35 bits per heavy atom. The average Bonchev–Trinajstić information content (AvgIpc) is 2.35. The summed E-state index contributed by atoms with van der Waals surface area (Å²) < 4.78 is 26.5. The fourth-order valence-corrected chi connectivity index (χ4v) is 2.43. The van der Waals surface area contributed by atoms with Gasteiger partial charge in [0.1, 0.15) is 0 Å². The molecule has 1 aromatic rings. The summed E-state index contributed by atoms with van der Waals surface area (Å²) in [6.07, 6.45) is 0.179. The molecule has 0 N–H and O–H groups in total. The maximum Gasteiger partial charge on any atom is 0.303 e. The highest BCUT2D eigenvalue weighted by Crippen LogP contribution is 2.16. The van der Waals surface area contributed by atoms with E-state index in [0.29, 0.717) is 5.69 Å². The van der Waals surface area contributed by atoms with Gasteiger partial charge in [0, 0.05) is 27.1 Å². The lowest BCUT2D eigenvalue weighted by molar-refractivity contribution is 0.475. The monoisotopic (exact) mass is 253 g/mol. The van der Waals surface area contributed by atoms with Crippen molar-refractivity contribution in [3.63, 3.8) is 0 Å². The molecule has 92 valence electrons. The predicted octanol–water partition coefficient (Wildman–Crippen LogP) is 1.21. The maximum absolute atomic E-state index is 12.1. The van der Waals surface area contributed by atoms with Crippen LogP contribution in [0.2, 0.25) is 0 Å². The SMILES string of the molecule is CN(CCC#N)S(=O)(=O)N(C)c1ccccc1. The number of hydrogen-bond donors (Lipinski definition) is 0. The number of hydrogen-bond acceptors (Lipinski definition) is 3. The van der Waals surface area contributed by atoms with Crippen molar-refractivity contribution < 1.29 is 8.42 Å². The number of rotatable bonds is 5. The summed E-state index contributed by atoms with van der Waals surface area (Å²) in [5.74, 6) is 0. The van der Waals surface area contributed by atoms with Crippen molar-refractivity contribution in [2.75, 3.05) is 24.9 Å². The van der Waals surface area contributed by atoms with Gasteiger partial charge in [0.25, 0.3) is 0 Å². The smallest absolute Gasteiger partial charge is 0.261 e. The molecule has 0 amide bonds. The summed E-state index contributed by atoms with van der Waals surface area (Å²) in [6, 6.07) is 10.7. The average molecular weight is 253 g/mol. The van der Waals surface area contributed by atoms with Crippen LogP contribution in [0.15, 0.2) is 30.3 Å². The molecule has 0 aliphatic rings. The third kappa shape index (κ3) is 3.19. The molecule has 0 bridgehead atoms. The van der Waals surface area contributed by atoms with Crippen molar-refractivity contribution in [3.8, 4) is 6.07 Å². The van der Waals surface area contributed by atoms with Gasteiger partial charge in [-0.1, -0.05) is 18.2 Å². The third-order valence-electron chi connectivity index (χ3n) is 2.40. The van der Waals surface area contributed by atoms with Crippen molar-refractivity contribution in [2.45, 2.75) is 6.42 Å². The molecule has 0 saturated heterocycles. The lowest BCUT2D eigenvalue weighted by atomic mass is 10.3. The molecule has 0 heterocycles. The number of nitrogens with zero attached hydrogens (tertiary/aromatic N) is 3. The first-order valence-electron chi connectivity index (χ1n) is 5.12. The second-order valence-corrected chi connectivity index (χ2v) is 5.61. The second kappa shape index (κ2) is 5.66. The molecule has 0 fully saturated rings. The summed E-state index contributed by atoms with van der Waals surface area (Å²) in [5.41, 5.74) is 0.594. The van der Waals surface area contributed by atoms with E-state index in [4.69, 9.17) is 5.26 Å². The zero-order valence-corrected chi connectivity index (χ0v) is 10.7. The Morgan fingerprint density at radius 1 is 1.24 bits per heavy atom. The van der Waals surface area contributed by atoms with Crippen LogP contribution >= 0.6 is 0 Å². The summed E-state index contributed by atoms with van der Waals surface area (Å²) in [6.45, 7) is 0.190. The molecule has 6 heteroatoms. The van der Waals surface area contributed by atoms with Crippen LogP contribution in [0.3, 0.4) is 0 Å². The first-order valence-corrected chi connectivity index (χ1v) is 6.52. The molecule has 5 nitrogen and oxygen atoms in total. The zero-order valence-electron chi connectivity index (χ0n) is 9.87. The lowest BCUT2D eigenvalue weighted by Gasteiger charge is -2.25. The highest BCUT2D eigenvalue weighted by Gasteiger charge is 2.23. The van der Waals surface area contributed by atoms with E-state index in [9.17, 15) is 8.42 Å². The molecule has 0 unspecified atom stereocenters. The minimum absolute atomic E-state index is 0.179. The van der Waals surface area contributed by atoms with E-state index in [1.165, 1.54) is 22.7 Å². The number of anilines is 1. The van der Waals surface area contributed by atoms with Crippen LogP contribution in [0.25, 0.3) is 0 Å². The van der Waals surface area contributed by atoms with Crippen LogP contribution in [-0.4, -0.2) is 33.4 Å². The molecule has 0 atom stereocenters. The molecule has 0 aliphatic carbocycles. The molecular formula is C11H15N3O2S. The minimum Gasteiger partial charge on any atom is -0.261 e. The van der Waals surface area contributed by atoms with E-state index >= 15 is 0 Å². The third-order valence-corrected chi connectivity index (χ3v) is 4.27. The van der Waals surface area contributed by atoms with Gasteiger partial charge in [-0.05, 0) is 12.1 Å². The van der Waals surface area contributed by atoms with Gasteiger partial charge in [0.15, 0.2) is 0 Å². The Kier molecular flexibility index (Phi) is 4.49. The highest BCUT2D eigenvalue weighted by atomic mass is 32.2. The highest BCUT2D eigenvalue weighted by molar-refractivity contribution is 7.90. The van der Waals surface area contributed by atoms with Gasteiger partial charge in [0.05, 0.1) is 11.8 Å². The minimum atomic E-state index is -3.55. The summed E-state index contributed by atoms with van der Waals surface area (Å²) in [7, 11) is -0.591. The summed E-state index contributed by atoms with van der Waals surface area (Å²) >= 11 is 0. The Labute approximate surface area is 102 Å². The van der Waals surface area contributed by atoms with E-state index in [1.54, 1.807) is 24.3 Å². The molecular weight excluding hydrogens is 238 g/mol. The molecule has 0 aromatic heterocycles. The van der Waals surface area contributed by atoms with E-state index in [-0.39, 0.29) is 13.0 Å². The van der Waals surface area contributed by atoms with E-state index in [1.807, 2.05) is 12.1 Å². The zero-order chi connectivity index (χ0) is 12.9. The summed E-state index contributed by atoms with van der Waals surface area (Å²) in [4.78, 5) is 0. The Morgan fingerprint density at radius 2 is 1.82 bits per heavy atom. The molecule has 0 aliphatic heterocycles. The normalized spacial score (nSPS) is 11.2. The van der Waals surface area contributed by atoms with Gasteiger partial charge in [-0.3, -0.25) is 4.31 Å². The molecule has 17 heavy (non-hydrogen) atoms. The van der Waals surface area contributed by atoms with Gasteiger partial charge in [-0.2, -0.15) is 18.0 Å². The van der Waals surface area contributed by atoms with Crippen LogP contribution in [0, 0.1) is 11.3 Å². The van der Waals surface area contributed by atoms with Gasteiger partial charge in [-0.25, -0.2) is 0 Å². The first-order chi connectivity index (χ1) is 8.00. The maximum atomic E-state index is 12.1. The Hall–Kier alpha value is -1.58.